The minimum absolute atomic E-state index is 0.0702. The van der Waals surface area contributed by atoms with E-state index >= 15 is 0 Å². The third-order valence-corrected chi connectivity index (χ3v) is 6.15. The third-order valence-electron chi connectivity index (χ3n) is 4.98. The lowest BCUT2D eigenvalue weighted by Crippen LogP contribution is -2.30. The van der Waals surface area contributed by atoms with Gasteiger partial charge in [-0.3, -0.25) is 14.4 Å². The van der Waals surface area contributed by atoms with E-state index in [0.29, 0.717) is 16.5 Å². The van der Waals surface area contributed by atoms with Crippen molar-refractivity contribution in [3.8, 4) is 0 Å². The molecule has 6 nitrogen and oxygen atoms in total. The van der Waals surface area contributed by atoms with Gasteiger partial charge in [-0.05, 0) is 36.3 Å². The number of hydrogen-bond acceptors (Lipinski definition) is 4. The monoisotopic (exact) mass is 399 g/mol. The van der Waals surface area contributed by atoms with Gasteiger partial charge in [0.15, 0.2) is 0 Å². The van der Waals surface area contributed by atoms with Crippen molar-refractivity contribution in [2.24, 2.45) is 11.7 Å². The van der Waals surface area contributed by atoms with E-state index in [1.165, 1.54) is 18.3 Å². The van der Waals surface area contributed by atoms with Crippen molar-refractivity contribution < 1.29 is 14.4 Å². The van der Waals surface area contributed by atoms with Crippen molar-refractivity contribution in [1.82, 2.24) is 5.32 Å². The Morgan fingerprint density at radius 3 is 2.61 bits per heavy atom. The van der Waals surface area contributed by atoms with Crippen LogP contribution in [0.1, 0.15) is 59.1 Å². The van der Waals surface area contributed by atoms with Gasteiger partial charge in [0.2, 0.25) is 11.8 Å². The minimum Gasteiger partial charge on any atom is -0.365 e. The fraction of sp³-hybridized carbons (Fsp3) is 0.381. The molecule has 0 radical (unpaired) electrons. The van der Waals surface area contributed by atoms with Gasteiger partial charge in [0, 0.05) is 11.8 Å². The molecule has 0 saturated carbocycles. The Kier molecular flexibility index (Phi) is 6.14. The normalized spacial score (nSPS) is 16.7. The second-order valence-corrected chi connectivity index (χ2v) is 8.44. The summed E-state index contributed by atoms with van der Waals surface area (Å²) in [6, 6.07) is 8.90. The summed E-state index contributed by atoms with van der Waals surface area (Å²) in [5, 5.41) is 6.20. The number of nitrogens with one attached hydrogen (secondary N) is 2. The summed E-state index contributed by atoms with van der Waals surface area (Å²) in [6.45, 7) is 3.61. The average Bonchev–Trinajstić information content (AvgIpc) is 2.98. The molecule has 3 amide bonds. The van der Waals surface area contributed by atoms with Crippen LogP contribution in [0.25, 0.3) is 0 Å². The SMILES string of the molecule is CC(=O)N[C@@H](CC(=O)Nc1sc2c(c1C(N)=O)CC[C@H](C)C2)c1ccccc1. The number of hydrogen-bond donors (Lipinski definition) is 3. The quantitative estimate of drug-likeness (QED) is 0.695. The van der Waals surface area contributed by atoms with E-state index < -0.39 is 11.9 Å². The number of thiophene rings is 1. The molecule has 1 aliphatic rings. The van der Waals surface area contributed by atoms with Crippen molar-refractivity contribution in [3.63, 3.8) is 0 Å². The van der Waals surface area contributed by atoms with Gasteiger partial charge in [0.1, 0.15) is 5.00 Å². The summed E-state index contributed by atoms with van der Waals surface area (Å²) in [7, 11) is 0. The lowest BCUT2D eigenvalue weighted by molar-refractivity contribution is -0.120. The lowest BCUT2D eigenvalue weighted by Gasteiger charge is -2.18. The molecule has 3 rings (SSSR count). The number of nitrogens with two attached hydrogens (primary N) is 1. The van der Waals surface area contributed by atoms with Crippen LogP contribution in [0.4, 0.5) is 5.00 Å². The molecule has 1 aromatic heterocycles. The molecule has 0 aliphatic heterocycles. The Morgan fingerprint density at radius 2 is 1.96 bits per heavy atom. The van der Waals surface area contributed by atoms with Crippen molar-refractivity contribution in [2.45, 2.75) is 45.6 Å². The van der Waals surface area contributed by atoms with Crippen LogP contribution in [0.5, 0.6) is 0 Å². The van der Waals surface area contributed by atoms with Gasteiger partial charge in [-0.2, -0.15) is 0 Å². The molecule has 0 spiro atoms. The van der Waals surface area contributed by atoms with Gasteiger partial charge >= 0.3 is 0 Å². The summed E-state index contributed by atoms with van der Waals surface area (Å²) < 4.78 is 0. The largest absolute Gasteiger partial charge is 0.365 e. The number of anilines is 1. The highest BCUT2D eigenvalue weighted by molar-refractivity contribution is 7.17. The zero-order chi connectivity index (χ0) is 20.3. The first-order valence-electron chi connectivity index (χ1n) is 9.41. The van der Waals surface area contributed by atoms with Crippen molar-refractivity contribution in [1.29, 1.82) is 0 Å². The molecule has 1 aromatic carbocycles. The summed E-state index contributed by atoms with van der Waals surface area (Å²) in [5.41, 5.74) is 7.88. The Bertz CT molecular complexity index is 892. The molecule has 148 valence electrons. The highest BCUT2D eigenvalue weighted by atomic mass is 32.1. The van der Waals surface area contributed by atoms with E-state index in [-0.39, 0.29) is 18.2 Å². The van der Waals surface area contributed by atoms with Crippen LogP contribution in [0.3, 0.4) is 0 Å². The zero-order valence-electron chi connectivity index (χ0n) is 16.1. The van der Waals surface area contributed by atoms with E-state index in [1.54, 1.807) is 0 Å². The second-order valence-electron chi connectivity index (χ2n) is 7.34. The zero-order valence-corrected chi connectivity index (χ0v) is 16.9. The number of rotatable bonds is 6. The molecule has 0 saturated heterocycles. The van der Waals surface area contributed by atoms with Crippen molar-refractivity contribution >= 4 is 34.1 Å². The molecule has 0 fully saturated rings. The Balaban J connectivity index is 1.80. The van der Waals surface area contributed by atoms with Crippen molar-refractivity contribution in [3.05, 3.63) is 51.9 Å². The van der Waals surface area contributed by atoms with Crippen LogP contribution in [0.15, 0.2) is 30.3 Å². The smallest absolute Gasteiger partial charge is 0.251 e. The predicted octanol–water partition coefficient (Wildman–Crippen LogP) is 3.18. The highest BCUT2D eigenvalue weighted by Crippen LogP contribution is 2.39. The first-order chi connectivity index (χ1) is 13.3. The van der Waals surface area contributed by atoms with Crippen LogP contribution in [-0.2, 0) is 22.4 Å². The molecule has 2 aromatic rings. The average molecular weight is 400 g/mol. The fourth-order valence-corrected chi connectivity index (χ4v) is 5.08. The maximum absolute atomic E-state index is 12.7. The molecular weight excluding hydrogens is 374 g/mol. The maximum Gasteiger partial charge on any atom is 0.251 e. The van der Waals surface area contributed by atoms with Gasteiger partial charge in [-0.1, -0.05) is 37.3 Å². The van der Waals surface area contributed by atoms with Crippen LogP contribution in [0.2, 0.25) is 0 Å². The number of fused-ring (bicyclic) bond motifs is 1. The number of primary amides is 1. The molecule has 4 N–H and O–H groups in total. The second kappa shape index (κ2) is 8.56. The molecule has 0 unspecified atom stereocenters. The van der Waals surface area contributed by atoms with Gasteiger partial charge in [-0.15, -0.1) is 11.3 Å². The predicted molar refractivity (Wildman–Crippen MR) is 110 cm³/mol. The van der Waals surface area contributed by atoms with E-state index in [1.807, 2.05) is 30.3 Å². The van der Waals surface area contributed by atoms with Crippen LogP contribution >= 0.6 is 11.3 Å². The number of carbonyl (C=O) groups excluding carboxylic acids is 3. The van der Waals surface area contributed by atoms with Crippen LogP contribution in [0, 0.1) is 5.92 Å². The summed E-state index contributed by atoms with van der Waals surface area (Å²) >= 11 is 1.44. The van der Waals surface area contributed by atoms with Crippen molar-refractivity contribution in [2.75, 3.05) is 5.32 Å². The van der Waals surface area contributed by atoms with Gasteiger partial charge in [0.25, 0.3) is 5.91 Å². The fourth-order valence-electron chi connectivity index (χ4n) is 3.65. The molecule has 1 heterocycles. The first-order valence-corrected chi connectivity index (χ1v) is 10.2. The summed E-state index contributed by atoms with van der Waals surface area (Å²) in [6.07, 6.45) is 2.78. The molecule has 2 atom stereocenters. The Morgan fingerprint density at radius 1 is 1.25 bits per heavy atom. The van der Waals surface area contributed by atoms with E-state index in [0.717, 1.165) is 35.3 Å². The molecule has 7 heteroatoms. The van der Waals surface area contributed by atoms with E-state index in [4.69, 9.17) is 5.73 Å². The van der Waals surface area contributed by atoms with Gasteiger partial charge in [0.05, 0.1) is 18.0 Å². The third kappa shape index (κ3) is 4.59. The van der Waals surface area contributed by atoms with Gasteiger partial charge < -0.3 is 16.4 Å². The van der Waals surface area contributed by atoms with E-state index in [9.17, 15) is 14.4 Å². The number of carbonyl (C=O) groups is 3. The van der Waals surface area contributed by atoms with Crippen LogP contribution in [-0.4, -0.2) is 17.7 Å². The Labute approximate surface area is 168 Å². The lowest BCUT2D eigenvalue weighted by atomic mass is 9.88. The molecular formula is C21H25N3O3S. The summed E-state index contributed by atoms with van der Waals surface area (Å²) in [4.78, 5) is 37.5. The summed E-state index contributed by atoms with van der Waals surface area (Å²) in [5.74, 6) is -0.432. The molecule has 28 heavy (non-hydrogen) atoms. The Hall–Kier alpha value is -2.67. The van der Waals surface area contributed by atoms with E-state index in [2.05, 4.69) is 17.6 Å². The number of benzene rings is 1. The first kappa shape index (κ1) is 20.1. The molecule has 1 aliphatic carbocycles. The molecule has 0 bridgehead atoms. The van der Waals surface area contributed by atoms with Crippen LogP contribution < -0.4 is 16.4 Å². The van der Waals surface area contributed by atoms with Gasteiger partial charge in [-0.25, -0.2) is 0 Å². The minimum atomic E-state index is -0.510. The topological polar surface area (TPSA) is 101 Å². The highest BCUT2D eigenvalue weighted by Gasteiger charge is 2.27. The maximum atomic E-state index is 12.7. The standard InChI is InChI=1S/C21H25N3O3S/c1-12-8-9-15-17(10-12)28-21(19(15)20(22)27)24-18(26)11-16(23-13(2)25)14-6-4-3-5-7-14/h3-7,12,16H,8-11H2,1-2H3,(H2,22,27)(H,23,25)(H,24,26)/t12-,16-/m0/s1. The number of amides is 3.